The molecule has 1 unspecified atom stereocenters. The van der Waals surface area contributed by atoms with E-state index in [0.717, 1.165) is 0 Å². The third-order valence-corrected chi connectivity index (χ3v) is 1.09. The summed E-state index contributed by atoms with van der Waals surface area (Å²) in [5, 5.41) is 17.5. The lowest BCUT2D eigenvalue weighted by molar-refractivity contribution is -0.138. The van der Waals surface area contributed by atoms with Gasteiger partial charge in [-0.2, -0.15) is 0 Å². The maximum atomic E-state index is 10.4. The highest BCUT2D eigenvalue weighted by Crippen LogP contribution is 2.17. The van der Waals surface area contributed by atoms with Crippen LogP contribution in [0.1, 0.15) is 0 Å². The molecule has 1 aliphatic heterocycles. The first-order valence-corrected chi connectivity index (χ1v) is 2.81. The first kappa shape index (κ1) is 7.39. The summed E-state index contributed by atoms with van der Waals surface area (Å²) in [5.74, 6) is -1.23. The molecule has 0 aromatic heterocycles. The van der Waals surface area contributed by atoms with E-state index in [4.69, 9.17) is 16.2 Å². The highest BCUT2D eigenvalue weighted by Gasteiger charge is 2.30. The van der Waals surface area contributed by atoms with E-state index in [9.17, 15) is 4.79 Å². The minimum atomic E-state index is -1.12. The Hall–Kier alpha value is -1.72. The second-order valence-corrected chi connectivity index (χ2v) is 1.97. The molecule has 0 aromatic rings. The van der Waals surface area contributed by atoms with E-state index in [0.29, 0.717) is 0 Å². The monoisotopic (exact) mass is 157 g/mol. The van der Waals surface area contributed by atoms with Crippen molar-refractivity contribution in [3.05, 3.63) is 12.0 Å². The molecule has 0 spiro atoms. The summed E-state index contributed by atoms with van der Waals surface area (Å²) >= 11 is 0. The van der Waals surface area contributed by atoms with Crippen molar-refractivity contribution < 1.29 is 14.6 Å². The van der Waals surface area contributed by atoms with Crippen LogP contribution in [0.2, 0.25) is 0 Å². The molecule has 1 heterocycles. The minimum absolute atomic E-state index is 0.285. The molecule has 11 heavy (non-hydrogen) atoms. The van der Waals surface area contributed by atoms with E-state index in [1.165, 1.54) is 6.26 Å². The number of hydrogen-bond donors (Lipinski definition) is 4. The standard InChI is InChI=1S/C5H7N3O3/c6-5(7)8-3(4(9)10)2-1-11-2/h1,3H,(H,9,10)(H4,6,7,8). The fourth-order valence-electron chi connectivity index (χ4n) is 0.580. The van der Waals surface area contributed by atoms with Crippen LogP contribution >= 0.6 is 0 Å². The molecule has 0 aromatic carbocycles. The van der Waals surface area contributed by atoms with Gasteiger partial charge in [0.1, 0.15) is 6.26 Å². The van der Waals surface area contributed by atoms with Crippen LogP contribution in [-0.4, -0.2) is 23.1 Å². The maximum absolute atomic E-state index is 10.4. The number of nitrogens with one attached hydrogen (secondary N) is 2. The molecular weight excluding hydrogens is 150 g/mol. The van der Waals surface area contributed by atoms with Crippen molar-refractivity contribution in [3.63, 3.8) is 0 Å². The Morgan fingerprint density at radius 2 is 2.45 bits per heavy atom. The van der Waals surface area contributed by atoms with Gasteiger partial charge < -0.3 is 20.9 Å². The minimum Gasteiger partial charge on any atom is -0.479 e. The number of aliphatic carboxylic acids is 1. The number of carboxylic acid groups (broad SMARTS) is 1. The number of carbonyl (C=O) groups is 1. The van der Waals surface area contributed by atoms with Crippen molar-refractivity contribution in [1.29, 1.82) is 5.41 Å². The van der Waals surface area contributed by atoms with Gasteiger partial charge in [-0.15, -0.1) is 0 Å². The number of carboxylic acids is 1. The van der Waals surface area contributed by atoms with Crippen LogP contribution < -0.4 is 11.1 Å². The van der Waals surface area contributed by atoms with Crippen molar-refractivity contribution in [1.82, 2.24) is 5.32 Å². The van der Waals surface area contributed by atoms with Gasteiger partial charge in [-0.25, -0.2) is 4.79 Å². The molecule has 60 valence electrons. The van der Waals surface area contributed by atoms with Gasteiger partial charge in [0.25, 0.3) is 0 Å². The summed E-state index contributed by atoms with van der Waals surface area (Å²) in [6.45, 7) is 0. The third kappa shape index (κ3) is 1.85. The zero-order valence-corrected chi connectivity index (χ0v) is 5.50. The molecule has 5 N–H and O–H groups in total. The molecule has 6 nitrogen and oxygen atoms in total. The van der Waals surface area contributed by atoms with E-state index in [2.05, 4.69) is 10.1 Å². The lowest BCUT2D eigenvalue weighted by atomic mass is 10.3. The van der Waals surface area contributed by atoms with Crippen LogP contribution in [0, 0.1) is 5.41 Å². The number of ether oxygens (including phenoxy) is 1. The highest BCUT2D eigenvalue weighted by atomic mass is 16.5. The summed E-state index contributed by atoms with van der Waals surface area (Å²) in [6, 6.07) is -1.02. The number of hydrogen-bond acceptors (Lipinski definition) is 3. The molecule has 1 atom stereocenters. The summed E-state index contributed by atoms with van der Waals surface area (Å²) < 4.78 is 4.53. The quantitative estimate of drug-likeness (QED) is 0.303. The first-order chi connectivity index (χ1) is 5.11. The van der Waals surface area contributed by atoms with Gasteiger partial charge in [0, 0.05) is 0 Å². The van der Waals surface area contributed by atoms with Crippen molar-refractivity contribution in [2.45, 2.75) is 6.04 Å². The van der Waals surface area contributed by atoms with E-state index >= 15 is 0 Å². The van der Waals surface area contributed by atoms with Crippen LogP contribution in [-0.2, 0) is 9.53 Å². The Morgan fingerprint density at radius 3 is 2.73 bits per heavy atom. The lowest BCUT2D eigenvalue weighted by Crippen LogP contribution is -2.43. The van der Waals surface area contributed by atoms with Gasteiger partial charge in [0.2, 0.25) is 0 Å². The third-order valence-electron chi connectivity index (χ3n) is 1.09. The molecule has 0 aliphatic carbocycles. The Bertz CT molecular complexity index is 233. The first-order valence-electron chi connectivity index (χ1n) is 2.81. The van der Waals surface area contributed by atoms with Gasteiger partial charge in [0.05, 0.1) is 0 Å². The molecule has 0 amide bonds. The van der Waals surface area contributed by atoms with Crippen molar-refractivity contribution in [3.8, 4) is 0 Å². The zero-order valence-electron chi connectivity index (χ0n) is 5.50. The normalized spacial score (nSPS) is 15.8. The summed E-state index contributed by atoms with van der Waals surface area (Å²) in [4.78, 5) is 10.4. The van der Waals surface area contributed by atoms with Crippen LogP contribution in [0.25, 0.3) is 0 Å². The fraction of sp³-hybridized carbons (Fsp3) is 0.200. The molecule has 0 radical (unpaired) electrons. The molecular formula is C5H7N3O3. The van der Waals surface area contributed by atoms with Crippen molar-refractivity contribution >= 4 is 11.9 Å². The van der Waals surface area contributed by atoms with Crippen molar-refractivity contribution in [2.75, 3.05) is 0 Å². The average Bonchev–Trinajstić information content (AvgIpc) is 2.63. The Labute approximate surface area is 62.1 Å². The molecule has 1 aliphatic rings. The predicted octanol–water partition coefficient (Wildman–Crippen LogP) is -1.21. The SMILES string of the molecule is N=C(N)NC(C(=O)O)C1=CO1. The van der Waals surface area contributed by atoms with Gasteiger partial charge >= 0.3 is 5.97 Å². The largest absolute Gasteiger partial charge is 0.479 e. The van der Waals surface area contributed by atoms with E-state index < -0.39 is 18.0 Å². The maximum Gasteiger partial charge on any atom is 0.334 e. The predicted molar refractivity (Wildman–Crippen MR) is 35.6 cm³/mol. The number of nitrogens with two attached hydrogens (primary N) is 1. The van der Waals surface area contributed by atoms with Crippen LogP contribution in [0.4, 0.5) is 0 Å². The number of rotatable bonds is 3. The Balaban J connectivity index is 2.52. The van der Waals surface area contributed by atoms with Gasteiger partial charge in [-0.1, -0.05) is 0 Å². The Kier molecular flexibility index (Phi) is 1.67. The molecule has 1 rings (SSSR count). The van der Waals surface area contributed by atoms with Crippen molar-refractivity contribution in [2.24, 2.45) is 5.73 Å². The molecule has 0 saturated heterocycles. The second kappa shape index (κ2) is 2.49. The van der Waals surface area contributed by atoms with Crippen LogP contribution in [0.5, 0.6) is 0 Å². The Morgan fingerprint density at radius 1 is 1.91 bits per heavy atom. The average molecular weight is 157 g/mol. The van der Waals surface area contributed by atoms with E-state index in [1.807, 2.05) is 0 Å². The lowest BCUT2D eigenvalue weighted by Gasteiger charge is -2.07. The molecule has 0 fully saturated rings. The fourth-order valence-corrected chi connectivity index (χ4v) is 0.580. The van der Waals surface area contributed by atoms with Gasteiger partial charge in [0.15, 0.2) is 17.8 Å². The van der Waals surface area contributed by atoms with Crippen LogP contribution in [0.3, 0.4) is 0 Å². The summed E-state index contributed by atoms with van der Waals surface area (Å²) in [6.07, 6.45) is 1.29. The van der Waals surface area contributed by atoms with Crippen LogP contribution in [0.15, 0.2) is 12.0 Å². The summed E-state index contributed by atoms with van der Waals surface area (Å²) in [5.41, 5.74) is 4.92. The molecule has 0 bridgehead atoms. The summed E-state index contributed by atoms with van der Waals surface area (Å²) in [7, 11) is 0. The van der Waals surface area contributed by atoms with E-state index in [1.54, 1.807) is 0 Å². The topological polar surface area (TPSA) is 112 Å². The molecule has 6 heteroatoms. The second-order valence-electron chi connectivity index (χ2n) is 1.97. The van der Waals surface area contributed by atoms with Gasteiger partial charge in [-0.05, 0) is 0 Å². The highest BCUT2D eigenvalue weighted by molar-refractivity contribution is 5.85. The number of guanidine groups is 1. The smallest absolute Gasteiger partial charge is 0.334 e. The van der Waals surface area contributed by atoms with E-state index in [-0.39, 0.29) is 5.76 Å². The van der Waals surface area contributed by atoms with Gasteiger partial charge in [-0.3, -0.25) is 5.41 Å². The zero-order chi connectivity index (χ0) is 8.43. The molecule has 0 saturated carbocycles.